The first-order valence-corrected chi connectivity index (χ1v) is 9.78. The van der Waals surface area contributed by atoms with Gasteiger partial charge in [0.25, 0.3) is 5.91 Å². The van der Waals surface area contributed by atoms with Gasteiger partial charge in [-0.15, -0.1) is 0 Å². The maximum Gasteiger partial charge on any atom is 0.276 e. The smallest absolute Gasteiger partial charge is 0.276 e. The zero-order valence-electron chi connectivity index (χ0n) is 16.1. The summed E-state index contributed by atoms with van der Waals surface area (Å²) in [5.41, 5.74) is 9.50. The Morgan fingerprint density at radius 2 is 1.52 bits per heavy atom. The third kappa shape index (κ3) is 6.33. The predicted molar refractivity (Wildman–Crippen MR) is 121 cm³/mol. The summed E-state index contributed by atoms with van der Waals surface area (Å²) in [5.74, 6) is 0.291. The molecule has 3 aromatic rings. The van der Waals surface area contributed by atoms with Crippen molar-refractivity contribution in [3.63, 3.8) is 0 Å². The van der Waals surface area contributed by atoms with Crippen molar-refractivity contribution < 1.29 is 9.53 Å². The lowest BCUT2D eigenvalue weighted by molar-refractivity contribution is -0.123. The van der Waals surface area contributed by atoms with E-state index in [-0.39, 0.29) is 12.5 Å². The van der Waals surface area contributed by atoms with Crippen molar-refractivity contribution in [3.8, 4) is 16.9 Å². The van der Waals surface area contributed by atoms with Crippen LogP contribution >= 0.6 is 12.2 Å². The Morgan fingerprint density at radius 1 is 0.862 bits per heavy atom. The summed E-state index contributed by atoms with van der Waals surface area (Å²) in [6, 6.07) is 25.6. The molecule has 29 heavy (non-hydrogen) atoms. The van der Waals surface area contributed by atoms with Crippen molar-refractivity contribution in [1.29, 1.82) is 0 Å². The highest BCUT2D eigenvalue weighted by Gasteiger charge is 2.05. The molecule has 0 heterocycles. The highest BCUT2D eigenvalue weighted by Crippen LogP contribution is 2.21. The third-order valence-corrected chi connectivity index (χ3v) is 4.47. The van der Waals surface area contributed by atoms with E-state index in [1.54, 1.807) is 0 Å². The molecule has 0 aliphatic rings. The molecule has 3 rings (SSSR count). The first kappa shape index (κ1) is 20.4. The average Bonchev–Trinajstić information content (AvgIpc) is 2.78. The maximum absolute atomic E-state index is 12.0. The zero-order chi connectivity index (χ0) is 20.5. The number of hydrazine groups is 1. The molecule has 0 unspecified atom stereocenters. The number of aryl methyl sites for hydroxylation is 1. The standard InChI is InChI=1S/C23H23N3O2S/c1-2-17-8-12-20(13-9-17)24-23(29)26-25-22(27)16-28-21-14-10-19(11-15-21)18-6-4-3-5-7-18/h3-15H,2,16H2,1H3,(H,25,27)(H2,24,26,29). The molecule has 0 atom stereocenters. The fraction of sp³-hybridized carbons (Fsp3) is 0.130. The molecular weight excluding hydrogens is 382 g/mol. The van der Waals surface area contributed by atoms with E-state index in [9.17, 15) is 4.79 Å². The van der Waals surface area contributed by atoms with Gasteiger partial charge in [-0.1, -0.05) is 61.5 Å². The molecule has 0 saturated heterocycles. The van der Waals surface area contributed by atoms with Gasteiger partial charge in [-0.25, -0.2) is 0 Å². The predicted octanol–water partition coefficient (Wildman–Crippen LogP) is 4.31. The molecule has 0 aromatic heterocycles. The molecule has 3 aromatic carbocycles. The largest absolute Gasteiger partial charge is 0.484 e. The van der Waals surface area contributed by atoms with Crippen LogP contribution in [0, 0.1) is 0 Å². The van der Waals surface area contributed by atoms with Gasteiger partial charge in [0.05, 0.1) is 0 Å². The Labute approximate surface area is 176 Å². The van der Waals surface area contributed by atoms with Gasteiger partial charge in [-0.05, 0) is 59.6 Å². The first-order chi connectivity index (χ1) is 14.1. The molecule has 5 nitrogen and oxygen atoms in total. The summed E-state index contributed by atoms with van der Waals surface area (Å²) < 4.78 is 5.52. The second kappa shape index (κ2) is 10.2. The van der Waals surface area contributed by atoms with Gasteiger partial charge in [0.15, 0.2) is 11.7 Å². The van der Waals surface area contributed by atoms with E-state index in [1.165, 1.54) is 5.56 Å². The number of carbonyl (C=O) groups is 1. The average molecular weight is 406 g/mol. The molecule has 0 bridgehead atoms. The van der Waals surface area contributed by atoms with Gasteiger partial charge in [0.1, 0.15) is 5.75 Å². The van der Waals surface area contributed by atoms with Crippen molar-refractivity contribution in [1.82, 2.24) is 10.9 Å². The minimum atomic E-state index is -0.331. The molecule has 0 spiro atoms. The summed E-state index contributed by atoms with van der Waals surface area (Å²) in [6.07, 6.45) is 0.980. The van der Waals surface area contributed by atoms with E-state index < -0.39 is 0 Å². The SMILES string of the molecule is CCc1ccc(NC(=S)NNC(=O)COc2ccc(-c3ccccc3)cc2)cc1. The minimum absolute atomic E-state index is 0.120. The summed E-state index contributed by atoms with van der Waals surface area (Å²) in [6.45, 7) is 1.98. The van der Waals surface area contributed by atoms with Crippen molar-refractivity contribution in [2.45, 2.75) is 13.3 Å². The molecule has 0 radical (unpaired) electrons. The first-order valence-electron chi connectivity index (χ1n) is 9.37. The highest BCUT2D eigenvalue weighted by molar-refractivity contribution is 7.80. The van der Waals surface area contributed by atoms with E-state index in [1.807, 2.05) is 78.9 Å². The number of benzene rings is 3. The number of thiocarbonyl (C=S) groups is 1. The van der Waals surface area contributed by atoms with Crippen molar-refractivity contribution in [2.24, 2.45) is 0 Å². The monoisotopic (exact) mass is 405 g/mol. The summed E-state index contributed by atoms with van der Waals surface area (Å²) in [5, 5.41) is 3.31. The van der Waals surface area contributed by atoms with Crippen LogP contribution in [0.25, 0.3) is 11.1 Å². The lowest BCUT2D eigenvalue weighted by atomic mass is 10.1. The minimum Gasteiger partial charge on any atom is -0.484 e. The second-order valence-corrected chi connectivity index (χ2v) is 6.77. The highest BCUT2D eigenvalue weighted by atomic mass is 32.1. The molecular formula is C23H23N3O2S. The van der Waals surface area contributed by atoms with Crippen molar-refractivity contribution in [2.75, 3.05) is 11.9 Å². The van der Waals surface area contributed by atoms with Crippen molar-refractivity contribution >= 4 is 28.9 Å². The van der Waals surface area contributed by atoms with Crippen LogP contribution in [0.5, 0.6) is 5.75 Å². The van der Waals surface area contributed by atoms with E-state index in [2.05, 4.69) is 23.1 Å². The Kier molecular flexibility index (Phi) is 7.19. The fourth-order valence-electron chi connectivity index (χ4n) is 2.67. The number of carbonyl (C=O) groups excluding carboxylic acids is 1. The zero-order valence-corrected chi connectivity index (χ0v) is 17.0. The van der Waals surface area contributed by atoms with Crippen LogP contribution in [0.15, 0.2) is 78.9 Å². The molecule has 0 saturated carbocycles. The fourth-order valence-corrected chi connectivity index (χ4v) is 2.84. The van der Waals surface area contributed by atoms with Gasteiger partial charge < -0.3 is 10.1 Å². The molecule has 0 aliphatic heterocycles. The quantitative estimate of drug-likeness (QED) is 0.421. The van der Waals surface area contributed by atoms with Crippen molar-refractivity contribution in [3.05, 3.63) is 84.4 Å². The second-order valence-electron chi connectivity index (χ2n) is 6.36. The molecule has 3 N–H and O–H groups in total. The lowest BCUT2D eigenvalue weighted by Crippen LogP contribution is -2.45. The van der Waals surface area contributed by atoms with Gasteiger partial charge in [0.2, 0.25) is 0 Å². The van der Waals surface area contributed by atoms with E-state index in [0.29, 0.717) is 10.9 Å². The maximum atomic E-state index is 12.0. The number of anilines is 1. The van der Waals surface area contributed by atoms with Crippen LogP contribution in [0.3, 0.4) is 0 Å². The van der Waals surface area contributed by atoms with Crippen LogP contribution in [-0.2, 0) is 11.2 Å². The summed E-state index contributed by atoms with van der Waals surface area (Å²) >= 11 is 5.18. The number of hydrogen-bond acceptors (Lipinski definition) is 3. The van der Waals surface area contributed by atoms with Crippen LogP contribution in [0.4, 0.5) is 5.69 Å². The van der Waals surface area contributed by atoms with E-state index >= 15 is 0 Å². The van der Waals surface area contributed by atoms with Crippen LogP contribution in [0.2, 0.25) is 0 Å². The van der Waals surface area contributed by atoms with Gasteiger partial charge >= 0.3 is 0 Å². The molecule has 0 aliphatic carbocycles. The summed E-state index contributed by atoms with van der Waals surface area (Å²) in [7, 11) is 0. The Hall–Kier alpha value is -3.38. The third-order valence-electron chi connectivity index (χ3n) is 4.27. The molecule has 1 amide bonds. The lowest BCUT2D eigenvalue weighted by Gasteiger charge is -2.12. The molecule has 0 fully saturated rings. The number of ether oxygens (including phenoxy) is 1. The van der Waals surface area contributed by atoms with Gasteiger partial charge in [0, 0.05) is 5.69 Å². The van der Waals surface area contributed by atoms with Gasteiger partial charge in [-0.3, -0.25) is 15.6 Å². The Morgan fingerprint density at radius 3 is 2.17 bits per heavy atom. The van der Waals surface area contributed by atoms with Crippen LogP contribution in [0.1, 0.15) is 12.5 Å². The Bertz CT molecular complexity index is 942. The number of hydrogen-bond donors (Lipinski definition) is 3. The number of rotatable bonds is 6. The van der Waals surface area contributed by atoms with Crippen LogP contribution in [-0.4, -0.2) is 17.6 Å². The topological polar surface area (TPSA) is 62.4 Å². The van der Waals surface area contributed by atoms with Gasteiger partial charge in [-0.2, -0.15) is 0 Å². The Balaban J connectivity index is 1.40. The van der Waals surface area contributed by atoms with Crippen LogP contribution < -0.4 is 20.9 Å². The number of nitrogens with one attached hydrogen (secondary N) is 3. The van der Waals surface area contributed by atoms with E-state index in [4.69, 9.17) is 17.0 Å². The molecule has 148 valence electrons. The summed E-state index contributed by atoms with van der Waals surface area (Å²) in [4.78, 5) is 12.0. The van der Waals surface area contributed by atoms with E-state index in [0.717, 1.165) is 23.2 Å². The number of amides is 1. The molecule has 6 heteroatoms. The normalized spacial score (nSPS) is 10.1.